The van der Waals surface area contributed by atoms with E-state index in [1.54, 1.807) is 20.8 Å². The van der Waals surface area contributed by atoms with E-state index < -0.39 is 35.4 Å². The topological polar surface area (TPSA) is 99.5 Å². The van der Waals surface area contributed by atoms with Crippen LogP contribution in [-0.2, 0) is 14.3 Å². The van der Waals surface area contributed by atoms with Crippen molar-refractivity contribution in [1.82, 2.24) is 9.55 Å². The number of ether oxygens (including phenoxy) is 2. The maximum atomic E-state index is 13.9. The molecule has 9 heteroatoms. The van der Waals surface area contributed by atoms with E-state index in [0.29, 0.717) is 0 Å². The van der Waals surface area contributed by atoms with Gasteiger partial charge in [-0.1, -0.05) is 0 Å². The van der Waals surface area contributed by atoms with Crippen molar-refractivity contribution < 1.29 is 23.5 Å². The molecule has 0 fully saturated rings. The van der Waals surface area contributed by atoms with Crippen molar-refractivity contribution in [3.63, 3.8) is 0 Å². The molecule has 1 amide bonds. The number of halogens is 1. The summed E-state index contributed by atoms with van der Waals surface area (Å²) in [5.41, 5.74) is -1.69. The number of nitrogens with one attached hydrogen (secondary N) is 1. The highest BCUT2D eigenvalue weighted by Gasteiger charge is 2.39. The Kier molecular flexibility index (Phi) is 4.39. The molecule has 2 rings (SSSR count). The first-order valence-corrected chi connectivity index (χ1v) is 6.97. The summed E-state index contributed by atoms with van der Waals surface area (Å²) in [6, 6.07) is -1.11. The molecule has 0 aliphatic carbocycles. The van der Waals surface area contributed by atoms with E-state index in [4.69, 9.17) is 4.74 Å². The molecule has 2 atom stereocenters. The first-order valence-electron chi connectivity index (χ1n) is 6.97. The largest absolute Gasteiger partial charge is 0.467 e. The Morgan fingerprint density at radius 3 is 2.65 bits per heavy atom. The van der Waals surface area contributed by atoms with Crippen LogP contribution in [0.25, 0.3) is 0 Å². The molecule has 0 aromatic carbocycles. The van der Waals surface area contributed by atoms with E-state index in [2.05, 4.69) is 15.0 Å². The van der Waals surface area contributed by atoms with E-state index in [1.807, 2.05) is 0 Å². The fourth-order valence-electron chi connectivity index (χ4n) is 2.26. The van der Waals surface area contributed by atoms with E-state index in [9.17, 15) is 18.8 Å². The molecule has 1 N–H and O–H groups in total. The first kappa shape index (κ1) is 16.9. The minimum absolute atomic E-state index is 0.167. The molecule has 0 unspecified atom stereocenters. The second kappa shape index (κ2) is 5.98. The number of aromatic nitrogens is 2. The van der Waals surface area contributed by atoms with Gasteiger partial charge in [0.15, 0.2) is 6.17 Å². The molecule has 1 aromatic heterocycles. The van der Waals surface area contributed by atoms with Gasteiger partial charge >= 0.3 is 12.1 Å². The average molecular weight is 327 g/mol. The van der Waals surface area contributed by atoms with Crippen LogP contribution in [0.1, 0.15) is 45.2 Å². The summed E-state index contributed by atoms with van der Waals surface area (Å²) in [4.78, 5) is 39.7. The third-order valence-corrected chi connectivity index (χ3v) is 3.15. The Balaban J connectivity index is 2.34. The van der Waals surface area contributed by atoms with Crippen LogP contribution in [0.15, 0.2) is 11.0 Å². The molecule has 0 saturated heterocycles. The maximum Gasteiger partial charge on any atom is 0.412 e. The molecule has 126 valence electrons. The summed E-state index contributed by atoms with van der Waals surface area (Å²) < 4.78 is 24.4. The molecule has 1 aromatic rings. The number of amides is 1. The van der Waals surface area contributed by atoms with Crippen molar-refractivity contribution in [2.45, 2.75) is 45.0 Å². The Bertz CT molecular complexity index is 695. The molecule has 1 aliphatic heterocycles. The lowest BCUT2D eigenvalue weighted by Gasteiger charge is -2.19. The monoisotopic (exact) mass is 327 g/mol. The number of carbonyl (C=O) groups is 2. The average Bonchev–Trinajstić information content (AvgIpc) is 2.77. The van der Waals surface area contributed by atoms with Gasteiger partial charge in [-0.2, -0.15) is 0 Å². The fraction of sp³-hybridized carbons (Fsp3) is 0.571. The molecular weight excluding hydrogens is 309 g/mol. The van der Waals surface area contributed by atoms with Gasteiger partial charge in [-0.25, -0.2) is 19.0 Å². The second-order valence-electron chi connectivity index (χ2n) is 6.07. The summed E-state index contributed by atoms with van der Waals surface area (Å²) in [5.74, 6) is -0.912. The molecular formula is C14H18FN3O5. The highest BCUT2D eigenvalue weighted by atomic mass is 19.1. The standard InChI is InChI=1S/C14H18FN3O5/c1-14(2,3)23-13(21)17-8-6-16-10-7(15)5-9(12(20)22-4)18(10)11(8)19/h6-7,9H,5H2,1-4H3,(H,17,21)/t7-,9-/m0/s1. The number of anilines is 1. The van der Waals surface area contributed by atoms with Gasteiger partial charge in [-0.05, 0) is 20.8 Å². The van der Waals surface area contributed by atoms with Crippen molar-refractivity contribution in [2.24, 2.45) is 0 Å². The Morgan fingerprint density at radius 1 is 1.43 bits per heavy atom. The number of hydrogen-bond donors (Lipinski definition) is 1. The second-order valence-corrected chi connectivity index (χ2v) is 6.07. The third kappa shape index (κ3) is 3.49. The number of methoxy groups -OCH3 is 1. The van der Waals surface area contributed by atoms with Gasteiger partial charge in [0.2, 0.25) is 0 Å². The van der Waals surface area contributed by atoms with Gasteiger partial charge in [0, 0.05) is 6.42 Å². The van der Waals surface area contributed by atoms with Gasteiger partial charge in [0.05, 0.1) is 13.3 Å². The fourth-order valence-corrected chi connectivity index (χ4v) is 2.26. The molecule has 23 heavy (non-hydrogen) atoms. The number of rotatable bonds is 2. The predicted molar refractivity (Wildman–Crippen MR) is 77.9 cm³/mol. The van der Waals surface area contributed by atoms with Crippen LogP contribution in [-0.4, -0.2) is 34.3 Å². The normalized spacial score (nSPS) is 19.9. The SMILES string of the molecule is COC(=O)[C@@H]1C[C@H](F)c2ncc(NC(=O)OC(C)(C)C)c(=O)n21. The van der Waals surface area contributed by atoms with Gasteiger partial charge in [0.1, 0.15) is 23.2 Å². The van der Waals surface area contributed by atoms with Gasteiger partial charge in [-0.15, -0.1) is 0 Å². The zero-order valence-corrected chi connectivity index (χ0v) is 13.3. The molecule has 1 aliphatic rings. The minimum Gasteiger partial charge on any atom is -0.467 e. The Hall–Kier alpha value is -2.45. The van der Waals surface area contributed by atoms with Crippen molar-refractivity contribution in [2.75, 3.05) is 12.4 Å². The lowest BCUT2D eigenvalue weighted by atomic mass is 10.2. The lowest BCUT2D eigenvalue weighted by molar-refractivity contribution is -0.144. The number of nitrogens with zero attached hydrogens (tertiary/aromatic N) is 2. The van der Waals surface area contributed by atoms with Crippen LogP contribution < -0.4 is 10.9 Å². The maximum absolute atomic E-state index is 13.9. The van der Waals surface area contributed by atoms with E-state index in [0.717, 1.165) is 17.9 Å². The van der Waals surface area contributed by atoms with Crippen molar-refractivity contribution in [1.29, 1.82) is 0 Å². The number of esters is 1. The molecule has 8 nitrogen and oxygen atoms in total. The Labute approximate surface area is 131 Å². The number of hydrogen-bond acceptors (Lipinski definition) is 6. The van der Waals surface area contributed by atoms with Crippen LogP contribution in [0.3, 0.4) is 0 Å². The number of carbonyl (C=O) groups excluding carboxylic acids is 2. The van der Waals surface area contributed by atoms with Crippen LogP contribution >= 0.6 is 0 Å². The summed E-state index contributed by atoms with van der Waals surface area (Å²) in [6.07, 6.45) is -1.58. The number of fused-ring (bicyclic) bond motifs is 1. The van der Waals surface area contributed by atoms with Crippen LogP contribution in [0.2, 0.25) is 0 Å². The zero-order chi connectivity index (χ0) is 17.4. The van der Waals surface area contributed by atoms with E-state index in [1.165, 1.54) is 0 Å². The molecule has 0 radical (unpaired) electrons. The first-order chi connectivity index (χ1) is 10.6. The molecule has 0 spiro atoms. The smallest absolute Gasteiger partial charge is 0.412 e. The Morgan fingerprint density at radius 2 is 2.09 bits per heavy atom. The molecule has 0 saturated carbocycles. The summed E-state index contributed by atoms with van der Waals surface area (Å²) in [6.45, 7) is 5.00. The van der Waals surface area contributed by atoms with Gasteiger partial charge < -0.3 is 9.47 Å². The predicted octanol–water partition coefficient (Wildman–Crippen LogP) is 1.72. The van der Waals surface area contributed by atoms with Crippen molar-refractivity contribution in [3.8, 4) is 0 Å². The van der Waals surface area contributed by atoms with Gasteiger partial charge in [-0.3, -0.25) is 14.7 Å². The van der Waals surface area contributed by atoms with E-state index in [-0.39, 0.29) is 17.9 Å². The minimum atomic E-state index is -1.55. The summed E-state index contributed by atoms with van der Waals surface area (Å²) in [7, 11) is 1.15. The molecule has 2 heterocycles. The van der Waals surface area contributed by atoms with Gasteiger partial charge in [0.25, 0.3) is 5.56 Å². The van der Waals surface area contributed by atoms with Crippen LogP contribution in [0.5, 0.6) is 0 Å². The third-order valence-electron chi connectivity index (χ3n) is 3.15. The van der Waals surface area contributed by atoms with Crippen LogP contribution in [0, 0.1) is 0 Å². The van der Waals surface area contributed by atoms with E-state index >= 15 is 0 Å². The molecule has 0 bridgehead atoms. The number of alkyl halides is 1. The quantitative estimate of drug-likeness (QED) is 0.830. The summed E-state index contributed by atoms with van der Waals surface area (Å²) >= 11 is 0. The highest BCUT2D eigenvalue weighted by molar-refractivity contribution is 5.84. The van der Waals surface area contributed by atoms with Crippen molar-refractivity contribution >= 4 is 17.7 Å². The zero-order valence-electron chi connectivity index (χ0n) is 13.3. The summed E-state index contributed by atoms with van der Waals surface area (Å²) in [5, 5.41) is 2.26. The highest BCUT2D eigenvalue weighted by Crippen LogP contribution is 2.35. The van der Waals surface area contributed by atoms with Crippen LogP contribution in [0.4, 0.5) is 14.9 Å². The lowest BCUT2D eigenvalue weighted by Crippen LogP contribution is -2.33. The van der Waals surface area contributed by atoms with Crippen molar-refractivity contribution in [3.05, 3.63) is 22.4 Å².